The molecule has 0 saturated carbocycles. The lowest BCUT2D eigenvalue weighted by molar-refractivity contribution is -0.138. The number of carboxylic acid groups (broad SMARTS) is 2. The molecule has 1 aromatic carbocycles. The van der Waals surface area contributed by atoms with Gasteiger partial charge in [-0.05, 0) is 57.5 Å². The Morgan fingerprint density at radius 1 is 0.458 bits per heavy atom. The van der Waals surface area contributed by atoms with Gasteiger partial charge in [0.1, 0.15) is 11.5 Å². The lowest BCUT2D eigenvalue weighted by Crippen LogP contribution is -2.11. The third kappa shape index (κ3) is 29.8. The summed E-state index contributed by atoms with van der Waals surface area (Å²) in [6.45, 7) is 2.38. The molecule has 2 N–H and O–H groups in total. The van der Waals surface area contributed by atoms with Gasteiger partial charge >= 0.3 is 11.9 Å². The molecule has 1 aromatic rings. The van der Waals surface area contributed by atoms with Crippen LogP contribution in [-0.4, -0.2) is 54.4 Å². The van der Waals surface area contributed by atoms with E-state index in [1.54, 1.807) is 0 Å². The van der Waals surface area contributed by atoms with Crippen LogP contribution in [0, 0.1) is 0 Å². The molecule has 0 aromatic heterocycles. The summed E-state index contributed by atoms with van der Waals surface area (Å²) in [4.78, 5) is 23.2. The summed E-state index contributed by atoms with van der Waals surface area (Å²) in [5, 5.41) is 17.4. The summed E-state index contributed by atoms with van der Waals surface area (Å²) in [5.41, 5.74) is 1.23. The maximum Gasteiger partial charge on any atom is 0.303 e. The minimum Gasteiger partial charge on any atom is -0.493 e. The zero-order valence-corrected chi connectivity index (χ0v) is 31.1. The lowest BCUT2D eigenvalue weighted by atomic mass is 10.0. The summed E-state index contributed by atoms with van der Waals surface area (Å²) < 4.78 is 12.4. The van der Waals surface area contributed by atoms with E-state index in [-0.39, 0.29) is 0 Å². The molecule has 0 aliphatic rings. The van der Waals surface area contributed by atoms with E-state index in [4.69, 9.17) is 19.7 Å². The Bertz CT molecular complexity index is 841. The summed E-state index contributed by atoms with van der Waals surface area (Å²) in [5.74, 6) is 0.500. The molecular weight excluding hydrogens is 602 g/mol. The van der Waals surface area contributed by atoms with Gasteiger partial charge in [-0.1, -0.05) is 141 Å². The van der Waals surface area contributed by atoms with Crippen molar-refractivity contribution in [2.45, 2.75) is 186 Å². The summed E-state index contributed by atoms with van der Waals surface area (Å²) in [6.07, 6.45) is 32.2. The van der Waals surface area contributed by atoms with Crippen LogP contribution in [0.5, 0.6) is 11.5 Å². The highest BCUT2D eigenvalue weighted by atomic mass is 16.5. The van der Waals surface area contributed by atoms with Crippen molar-refractivity contribution in [2.24, 2.45) is 0 Å². The zero-order valence-electron chi connectivity index (χ0n) is 31.1. The lowest BCUT2D eigenvalue weighted by Gasteiger charge is -2.15. The van der Waals surface area contributed by atoms with Crippen molar-refractivity contribution in [2.75, 3.05) is 27.3 Å². The predicted octanol–water partition coefficient (Wildman–Crippen LogP) is 11.6. The highest BCUT2D eigenvalue weighted by molar-refractivity contribution is 5.66. The molecule has 0 unspecified atom stereocenters. The Balaban J connectivity index is 2.06. The largest absolute Gasteiger partial charge is 0.493 e. The third-order valence-corrected chi connectivity index (χ3v) is 9.05. The summed E-state index contributed by atoms with van der Waals surface area (Å²) in [7, 11) is 4.18. The van der Waals surface area contributed by atoms with Crippen LogP contribution in [0.1, 0.15) is 185 Å². The third-order valence-electron chi connectivity index (χ3n) is 9.05. The van der Waals surface area contributed by atoms with Crippen molar-refractivity contribution in [3.8, 4) is 11.5 Å². The minimum atomic E-state index is -0.671. The molecule has 0 aliphatic heterocycles. The molecule has 0 atom stereocenters. The average Bonchev–Trinajstić information content (AvgIpc) is 3.03. The van der Waals surface area contributed by atoms with Gasteiger partial charge < -0.3 is 24.6 Å². The molecule has 0 bridgehead atoms. The second-order valence-electron chi connectivity index (χ2n) is 14.2. The number of unbranched alkanes of at least 4 members (excludes halogenated alkanes) is 24. The number of nitrogens with zero attached hydrogens (tertiary/aromatic N) is 1. The summed E-state index contributed by atoms with van der Waals surface area (Å²) in [6, 6.07) is 6.38. The Morgan fingerprint density at radius 2 is 0.729 bits per heavy atom. The molecule has 1 rings (SSSR count). The van der Waals surface area contributed by atoms with E-state index < -0.39 is 11.9 Å². The molecule has 0 heterocycles. The van der Waals surface area contributed by atoms with E-state index in [1.807, 2.05) is 0 Å². The fraction of sp³-hybridized carbons (Fsp3) is 0.805. The van der Waals surface area contributed by atoms with E-state index in [2.05, 4.69) is 37.2 Å². The van der Waals surface area contributed by atoms with Gasteiger partial charge in [-0.3, -0.25) is 9.59 Å². The van der Waals surface area contributed by atoms with Crippen molar-refractivity contribution in [1.29, 1.82) is 0 Å². The number of hydrogen-bond acceptors (Lipinski definition) is 5. The number of benzene rings is 1. The van der Waals surface area contributed by atoms with E-state index in [9.17, 15) is 9.59 Å². The summed E-state index contributed by atoms with van der Waals surface area (Å²) >= 11 is 0. The number of carbonyl (C=O) groups is 2. The number of carboxylic acids is 2. The van der Waals surface area contributed by atoms with Crippen LogP contribution in [0.25, 0.3) is 0 Å². The molecule has 0 radical (unpaired) electrons. The van der Waals surface area contributed by atoms with Gasteiger partial charge in [0.25, 0.3) is 0 Å². The fourth-order valence-electron chi connectivity index (χ4n) is 6.28. The molecule has 7 heteroatoms. The van der Waals surface area contributed by atoms with Gasteiger partial charge in [-0.2, -0.15) is 0 Å². The molecule has 7 nitrogen and oxygen atoms in total. The van der Waals surface area contributed by atoms with E-state index >= 15 is 0 Å². The fourth-order valence-corrected chi connectivity index (χ4v) is 6.28. The van der Waals surface area contributed by atoms with E-state index in [1.165, 1.54) is 134 Å². The Labute approximate surface area is 294 Å². The first-order valence-corrected chi connectivity index (χ1v) is 19.8. The molecule has 278 valence electrons. The van der Waals surface area contributed by atoms with Crippen molar-refractivity contribution in [3.63, 3.8) is 0 Å². The van der Waals surface area contributed by atoms with Crippen LogP contribution < -0.4 is 9.47 Å². The van der Waals surface area contributed by atoms with Gasteiger partial charge in [0.2, 0.25) is 0 Å². The molecule has 48 heavy (non-hydrogen) atoms. The SMILES string of the molecule is CN(C)Cc1cc(OCCCCCCCCCCCCCCCC(=O)O)cc(OCCCCCCCCCCCCCCCC(=O)O)c1. The van der Waals surface area contributed by atoms with E-state index in [0.717, 1.165) is 69.8 Å². The van der Waals surface area contributed by atoms with Crippen LogP contribution in [0.2, 0.25) is 0 Å². The standard InChI is InChI=1S/C41H73NO6/c1-42(2)36-37-33-38(47-31-27-23-19-15-11-7-3-5-9-13-17-21-25-29-40(43)44)35-39(34-37)48-32-28-24-20-16-12-8-4-6-10-14-18-22-26-30-41(45)46/h33-35H,3-32,36H2,1-2H3,(H,43,44)(H,45,46). The number of hydrogen-bond donors (Lipinski definition) is 2. The smallest absolute Gasteiger partial charge is 0.303 e. The second kappa shape index (κ2) is 32.0. The normalized spacial score (nSPS) is 11.3. The molecule has 0 saturated heterocycles. The predicted molar refractivity (Wildman–Crippen MR) is 199 cm³/mol. The van der Waals surface area contributed by atoms with Gasteiger partial charge in [-0.25, -0.2) is 0 Å². The number of aliphatic carboxylic acids is 2. The van der Waals surface area contributed by atoms with Crippen molar-refractivity contribution >= 4 is 11.9 Å². The van der Waals surface area contributed by atoms with Gasteiger partial charge in [0, 0.05) is 25.5 Å². The molecule has 0 aliphatic carbocycles. The monoisotopic (exact) mass is 676 g/mol. The molecular formula is C41H73NO6. The molecule has 0 fully saturated rings. The van der Waals surface area contributed by atoms with Gasteiger partial charge in [0.15, 0.2) is 0 Å². The number of ether oxygens (including phenoxy) is 2. The van der Waals surface area contributed by atoms with Crippen LogP contribution >= 0.6 is 0 Å². The Hall–Kier alpha value is -2.28. The maximum atomic E-state index is 10.5. The maximum absolute atomic E-state index is 10.5. The van der Waals surface area contributed by atoms with E-state index in [0.29, 0.717) is 12.8 Å². The highest BCUT2D eigenvalue weighted by Gasteiger charge is 2.06. The quantitative estimate of drug-likeness (QED) is 0.0683. The van der Waals surface area contributed by atoms with Crippen molar-refractivity contribution < 1.29 is 29.3 Å². The van der Waals surface area contributed by atoms with Crippen LogP contribution in [0.4, 0.5) is 0 Å². The van der Waals surface area contributed by atoms with Gasteiger partial charge in [-0.15, -0.1) is 0 Å². The van der Waals surface area contributed by atoms with Crippen molar-refractivity contribution in [3.05, 3.63) is 23.8 Å². The average molecular weight is 676 g/mol. The first-order chi connectivity index (χ1) is 23.4. The van der Waals surface area contributed by atoms with Gasteiger partial charge in [0.05, 0.1) is 13.2 Å². The zero-order chi connectivity index (χ0) is 34.9. The van der Waals surface area contributed by atoms with Crippen LogP contribution in [0.3, 0.4) is 0 Å². The first kappa shape index (κ1) is 43.7. The highest BCUT2D eigenvalue weighted by Crippen LogP contribution is 2.25. The molecule has 0 amide bonds. The Kier molecular flexibility index (Phi) is 29.1. The molecule has 0 spiro atoms. The second-order valence-corrected chi connectivity index (χ2v) is 14.2. The van der Waals surface area contributed by atoms with Crippen LogP contribution in [0.15, 0.2) is 18.2 Å². The minimum absolute atomic E-state index is 0.318. The first-order valence-electron chi connectivity index (χ1n) is 19.8. The van der Waals surface area contributed by atoms with Crippen molar-refractivity contribution in [1.82, 2.24) is 4.90 Å². The Morgan fingerprint density at radius 3 is 1.00 bits per heavy atom. The van der Waals surface area contributed by atoms with Crippen LogP contribution in [-0.2, 0) is 16.1 Å². The topological polar surface area (TPSA) is 96.3 Å². The number of rotatable bonds is 36.